The second-order valence-electron chi connectivity index (χ2n) is 10.3. The summed E-state index contributed by atoms with van der Waals surface area (Å²) in [6.07, 6.45) is 7.51. The molecule has 2 N–H and O–H groups in total. The number of benzene rings is 1. The van der Waals surface area contributed by atoms with E-state index in [9.17, 15) is 4.79 Å². The average Bonchev–Trinajstić information content (AvgIpc) is 3.40. The van der Waals surface area contributed by atoms with E-state index < -0.39 is 0 Å². The van der Waals surface area contributed by atoms with Crippen LogP contribution >= 0.6 is 0 Å². The van der Waals surface area contributed by atoms with Crippen LogP contribution in [0.3, 0.4) is 0 Å². The standard InChI is InChI=1S/C26H35N5O/c1-16-4-8-22(9-5-16)29-25(32)23-13-28-26(31-14-20-11-21(20)15-31)30-24(23)27-12-19-7-6-17(2)18(3)10-19/h6-7,10,13,16,20-22H,4-5,8-9,11-12,14-15H2,1-3H3,(H,29,32)(H,27,28,30)/t16-,20?,21?,22-. The Bertz CT molecular complexity index is 988. The first-order chi connectivity index (χ1) is 15.5. The Kier molecular flexibility index (Phi) is 5.78. The fourth-order valence-electron chi connectivity index (χ4n) is 5.15. The van der Waals surface area contributed by atoms with E-state index >= 15 is 0 Å². The third-order valence-electron chi connectivity index (χ3n) is 7.66. The van der Waals surface area contributed by atoms with Crippen LogP contribution < -0.4 is 15.5 Å². The van der Waals surface area contributed by atoms with Crippen molar-refractivity contribution in [3.8, 4) is 0 Å². The van der Waals surface area contributed by atoms with Gasteiger partial charge < -0.3 is 15.5 Å². The molecule has 1 aliphatic heterocycles. The molecule has 3 fully saturated rings. The fraction of sp³-hybridized carbons (Fsp3) is 0.577. The van der Waals surface area contributed by atoms with Crippen molar-refractivity contribution in [1.82, 2.24) is 15.3 Å². The van der Waals surface area contributed by atoms with Gasteiger partial charge in [-0.1, -0.05) is 25.1 Å². The van der Waals surface area contributed by atoms with Gasteiger partial charge in [0.2, 0.25) is 5.95 Å². The van der Waals surface area contributed by atoms with Crippen LogP contribution in [0.5, 0.6) is 0 Å². The highest BCUT2D eigenvalue weighted by Crippen LogP contribution is 2.45. The van der Waals surface area contributed by atoms with Crippen molar-refractivity contribution in [3.05, 3.63) is 46.6 Å². The van der Waals surface area contributed by atoms with E-state index in [-0.39, 0.29) is 11.9 Å². The zero-order valence-electron chi connectivity index (χ0n) is 19.5. The van der Waals surface area contributed by atoms with Gasteiger partial charge in [0.15, 0.2) is 0 Å². The Hall–Kier alpha value is -2.63. The van der Waals surface area contributed by atoms with Crippen LogP contribution in [-0.4, -0.2) is 35.0 Å². The van der Waals surface area contributed by atoms with E-state index in [4.69, 9.17) is 4.98 Å². The Morgan fingerprint density at radius 3 is 2.56 bits per heavy atom. The zero-order valence-corrected chi connectivity index (χ0v) is 19.5. The molecule has 2 aliphatic carbocycles. The Labute approximate surface area is 191 Å². The lowest BCUT2D eigenvalue weighted by Crippen LogP contribution is -2.38. The van der Waals surface area contributed by atoms with Crippen LogP contribution in [0.15, 0.2) is 24.4 Å². The number of nitrogens with zero attached hydrogens (tertiary/aromatic N) is 3. The summed E-state index contributed by atoms with van der Waals surface area (Å²) in [4.78, 5) is 24.9. The smallest absolute Gasteiger partial charge is 0.256 e. The molecule has 1 saturated heterocycles. The molecule has 0 spiro atoms. The van der Waals surface area contributed by atoms with E-state index in [0.717, 1.165) is 49.6 Å². The molecule has 32 heavy (non-hydrogen) atoms. The van der Waals surface area contributed by atoms with Crippen molar-refractivity contribution >= 4 is 17.7 Å². The van der Waals surface area contributed by atoms with Crippen LogP contribution in [0.1, 0.15) is 66.1 Å². The zero-order chi connectivity index (χ0) is 22.2. The van der Waals surface area contributed by atoms with Gasteiger partial charge in [0.25, 0.3) is 5.91 Å². The first-order valence-corrected chi connectivity index (χ1v) is 12.2. The van der Waals surface area contributed by atoms with E-state index in [1.54, 1.807) is 6.20 Å². The van der Waals surface area contributed by atoms with Crippen LogP contribution in [0, 0.1) is 31.6 Å². The largest absolute Gasteiger partial charge is 0.365 e. The number of aromatic nitrogens is 2. The molecule has 2 atom stereocenters. The van der Waals surface area contributed by atoms with Crippen molar-refractivity contribution in [2.75, 3.05) is 23.3 Å². The molecule has 1 aromatic heterocycles. The lowest BCUT2D eigenvalue weighted by atomic mass is 9.87. The molecule has 1 aromatic carbocycles. The van der Waals surface area contributed by atoms with E-state index in [2.05, 4.69) is 59.5 Å². The number of anilines is 2. The van der Waals surface area contributed by atoms with Gasteiger partial charge in [0.1, 0.15) is 11.4 Å². The highest BCUT2D eigenvalue weighted by atomic mass is 16.1. The number of carbonyl (C=O) groups is 1. The molecule has 170 valence electrons. The fourth-order valence-corrected chi connectivity index (χ4v) is 5.15. The molecule has 2 unspecified atom stereocenters. The van der Waals surface area contributed by atoms with Crippen LogP contribution in [0.2, 0.25) is 0 Å². The molecule has 2 aromatic rings. The Morgan fingerprint density at radius 2 is 1.84 bits per heavy atom. The lowest BCUT2D eigenvalue weighted by Gasteiger charge is -2.27. The summed E-state index contributed by atoms with van der Waals surface area (Å²) < 4.78 is 0. The number of carbonyl (C=O) groups excluding carboxylic acids is 1. The van der Waals surface area contributed by atoms with Crippen LogP contribution in [-0.2, 0) is 6.54 Å². The maximum Gasteiger partial charge on any atom is 0.256 e. The maximum absolute atomic E-state index is 13.2. The van der Waals surface area contributed by atoms with Crippen molar-refractivity contribution in [2.24, 2.45) is 17.8 Å². The normalized spacial score (nSPS) is 26.5. The van der Waals surface area contributed by atoms with Gasteiger partial charge in [0, 0.05) is 31.9 Å². The number of hydrogen-bond acceptors (Lipinski definition) is 5. The molecule has 0 radical (unpaired) electrons. The molecule has 6 nitrogen and oxygen atoms in total. The summed E-state index contributed by atoms with van der Waals surface area (Å²) >= 11 is 0. The predicted molar refractivity (Wildman–Crippen MR) is 128 cm³/mol. The highest BCUT2D eigenvalue weighted by molar-refractivity contribution is 5.98. The van der Waals surface area contributed by atoms with Gasteiger partial charge in [-0.05, 0) is 80.4 Å². The van der Waals surface area contributed by atoms with Crippen molar-refractivity contribution < 1.29 is 4.79 Å². The van der Waals surface area contributed by atoms with Gasteiger partial charge in [-0.25, -0.2) is 4.98 Å². The molecule has 2 saturated carbocycles. The lowest BCUT2D eigenvalue weighted by molar-refractivity contribution is 0.0923. The topological polar surface area (TPSA) is 70.2 Å². The Morgan fingerprint density at radius 1 is 1.09 bits per heavy atom. The number of hydrogen-bond donors (Lipinski definition) is 2. The van der Waals surface area contributed by atoms with E-state index in [0.29, 0.717) is 17.9 Å². The summed E-state index contributed by atoms with van der Waals surface area (Å²) in [5, 5.41) is 6.69. The third-order valence-corrected chi connectivity index (χ3v) is 7.66. The molecule has 3 aliphatic rings. The van der Waals surface area contributed by atoms with E-state index in [1.165, 1.54) is 36.0 Å². The monoisotopic (exact) mass is 433 g/mol. The second-order valence-corrected chi connectivity index (χ2v) is 10.3. The molecule has 0 bridgehead atoms. The summed E-state index contributed by atoms with van der Waals surface area (Å²) in [5.41, 5.74) is 4.28. The molecule has 5 rings (SSSR count). The molecule has 1 amide bonds. The highest BCUT2D eigenvalue weighted by Gasteiger charge is 2.46. The minimum Gasteiger partial charge on any atom is -0.365 e. The number of amides is 1. The predicted octanol–water partition coefficient (Wildman–Crippen LogP) is 4.47. The SMILES string of the molecule is Cc1ccc(CNc2nc(N3CC4CC4C3)ncc2C(=O)N[C@H]2CC[C@H](C)CC2)cc1C. The van der Waals surface area contributed by atoms with Gasteiger partial charge in [-0.2, -0.15) is 4.98 Å². The van der Waals surface area contributed by atoms with Crippen molar-refractivity contribution in [2.45, 2.75) is 65.5 Å². The molecular weight excluding hydrogens is 398 g/mol. The van der Waals surface area contributed by atoms with Gasteiger partial charge in [0.05, 0.1) is 0 Å². The maximum atomic E-state index is 13.2. The summed E-state index contributed by atoms with van der Waals surface area (Å²) in [7, 11) is 0. The minimum atomic E-state index is -0.0667. The minimum absolute atomic E-state index is 0.0667. The number of piperidine rings is 1. The first kappa shape index (κ1) is 21.2. The quantitative estimate of drug-likeness (QED) is 0.703. The average molecular weight is 434 g/mol. The van der Waals surface area contributed by atoms with Gasteiger partial charge in [-0.3, -0.25) is 4.79 Å². The van der Waals surface area contributed by atoms with Crippen LogP contribution in [0.25, 0.3) is 0 Å². The second kappa shape index (κ2) is 8.72. The summed E-state index contributed by atoms with van der Waals surface area (Å²) in [5.74, 6) is 3.68. The van der Waals surface area contributed by atoms with Crippen molar-refractivity contribution in [1.29, 1.82) is 0 Å². The molecular formula is C26H35N5O. The third kappa shape index (κ3) is 4.59. The Balaban J connectivity index is 1.34. The van der Waals surface area contributed by atoms with E-state index in [1.807, 2.05) is 0 Å². The number of fused-ring (bicyclic) bond motifs is 1. The van der Waals surface area contributed by atoms with Crippen LogP contribution in [0.4, 0.5) is 11.8 Å². The summed E-state index contributed by atoms with van der Waals surface area (Å²) in [6.45, 7) is 9.24. The number of rotatable bonds is 6. The van der Waals surface area contributed by atoms with Gasteiger partial charge >= 0.3 is 0 Å². The first-order valence-electron chi connectivity index (χ1n) is 12.2. The number of aryl methyl sites for hydroxylation is 2. The number of nitrogens with one attached hydrogen (secondary N) is 2. The van der Waals surface area contributed by atoms with Crippen molar-refractivity contribution in [3.63, 3.8) is 0 Å². The molecule has 2 heterocycles. The van der Waals surface area contributed by atoms with Gasteiger partial charge in [-0.15, -0.1) is 0 Å². The summed E-state index contributed by atoms with van der Waals surface area (Å²) in [6, 6.07) is 6.72. The molecule has 6 heteroatoms.